The number of aliphatic hydroxyl groups excluding tert-OH is 1. The summed E-state index contributed by atoms with van der Waals surface area (Å²) in [7, 11) is 0. The predicted octanol–water partition coefficient (Wildman–Crippen LogP) is 2.74. The average Bonchev–Trinajstić information content (AvgIpc) is 3.09. The van der Waals surface area contributed by atoms with Gasteiger partial charge in [0.1, 0.15) is 11.6 Å². The van der Waals surface area contributed by atoms with Gasteiger partial charge in [0, 0.05) is 25.0 Å². The number of para-hydroxylation sites is 1. The molecule has 6 heteroatoms. The summed E-state index contributed by atoms with van der Waals surface area (Å²) in [6.45, 7) is -0.160. The lowest BCUT2D eigenvalue weighted by molar-refractivity contribution is -0.139. The first-order valence-corrected chi connectivity index (χ1v) is 8.26. The number of aromatic nitrogens is 2. The molecule has 128 valence electrons. The number of nitrogens with zero attached hydrogens (tertiary/aromatic N) is 2. The minimum atomic E-state index is -1.01. The Hall–Kier alpha value is -2.34. The highest BCUT2D eigenvalue weighted by molar-refractivity contribution is 5.70. The zero-order valence-corrected chi connectivity index (χ0v) is 13.5. The molecule has 0 unspecified atom stereocenters. The predicted molar refractivity (Wildman–Crippen MR) is 88.9 cm³/mol. The smallest absolute Gasteiger partial charge is 0.341 e. The van der Waals surface area contributed by atoms with Crippen molar-refractivity contribution in [3.63, 3.8) is 0 Å². The lowest BCUT2D eigenvalue weighted by atomic mass is 9.86. The van der Waals surface area contributed by atoms with Gasteiger partial charge in [-0.15, -0.1) is 0 Å². The number of rotatable bonds is 6. The van der Waals surface area contributed by atoms with Gasteiger partial charge in [0.25, 0.3) is 0 Å². The van der Waals surface area contributed by atoms with E-state index in [0.29, 0.717) is 17.7 Å². The summed E-state index contributed by atoms with van der Waals surface area (Å²) < 4.78 is 7.54. The normalized spacial score (nSPS) is 20.7. The molecule has 0 bridgehead atoms. The van der Waals surface area contributed by atoms with Crippen LogP contribution in [-0.4, -0.2) is 38.9 Å². The van der Waals surface area contributed by atoms with Gasteiger partial charge in [0.15, 0.2) is 6.61 Å². The molecule has 1 saturated carbocycles. The Bertz CT molecular complexity index is 698. The molecule has 0 amide bonds. The molecule has 24 heavy (non-hydrogen) atoms. The first-order valence-electron chi connectivity index (χ1n) is 8.26. The fourth-order valence-electron chi connectivity index (χ4n) is 3.41. The summed E-state index contributed by atoms with van der Waals surface area (Å²) in [5.74, 6) is 0.616. The molecule has 1 aliphatic carbocycles. The number of carbonyl (C=O) groups is 1. The number of carboxylic acids is 1. The number of ether oxygens (including phenoxy) is 1. The number of carboxylic acid groups (broad SMARTS) is 1. The van der Waals surface area contributed by atoms with Crippen LogP contribution in [0.4, 0.5) is 0 Å². The molecule has 0 spiro atoms. The highest BCUT2D eigenvalue weighted by Crippen LogP contribution is 2.37. The van der Waals surface area contributed by atoms with E-state index in [1.807, 2.05) is 24.4 Å². The SMILES string of the molecule is O=C(O)COc1ccccc1-c1nccn1[C@@H]1CCC[C@@H](CO)C1. The van der Waals surface area contributed by atoms with E-state index in [-0.39, 0.29) is 13.2 Å². The molecule has 2 aromatic rings. The molecule has 1 aromatic carbocycles. The Balaban J connectivity index is 1.89. The molecule has 0 radical (unpaired) electrons. The van der Waals surface area contributed by atoms with Crippen molar-refractivity contribution >= 4 is 5.97 Å². The van der Waals surface area contributed by atoms with E-state index < -0.39 is 5.97 Å². The number of imidazole rings is 1. The van der Waals surface area contributed by atoms with E-state index in [4.69, 9.17) is 9.84 Å². The molecular weight excluding hydrogens is 308 g/mol. The highest BCUT2D eigenvalue weighted by atomic mass is 16.5. The molecule has 6 nitrogen and oxygen atoms in total. The van der Waals surface area contributed by atoms with Crippen LogP contribution in [0.25, 0.3) is 11.4 Å². The van der Waals surface area contributed by atoms with Crippen molar-refractivity contribution < 1.29 is 19.7 Å². The second-order valence-corrected chi connectivity index (χ2v) is 6.21. The van der Waals surface area contributed by atoms with E-state index in [2.05, 4.69) is 9.55 Å². The van der Waals surface area contributed by atoms with Crippen LogP contribution in [-0.2, 0) is 4.79 Å². The fraction of sp³-hybridized carbons (Fsp3) is 0.444. The molecule has 3 rings (SSSR count). The molecule has 0 aliphatic heterocycles. The second kappa shape index (κ2) is 7.49. The van der Waals surface area contributed by atoms with Crippen LogP contribution in [0.5, 0.6) is 5.75 Å². The Morgan fingerprint density at radius 1 is 1.33 bits per heavy atom. The topological polar surface area (TPSA) is 84.6 Å². The van der Waals surface area contributed by atoms with Crippen molar-refractivity contribution in [1.29, 1.82) is 0 Å². The lowest BCUT2D eigenvalue weighted by Gasteiger charge is -2.30. The Kier molecular flexibility index (Phi) is 5.15. The average molecular weight is 330 g/mol. The zero-order valence-electron chi connectivity index (χ0n) is 13.5. The van der Waals surface area contributed by atoms with E-state index in [9.17, 15) is 9.90 Å². The quantitative estimate of drug-likeness (QED) is 0.851. The molecule has 1 heterocycles. The maximum Gasteiger partial charge on any atom is 0.341 e. The van der Waals surface area contributed by atoms with Gasteiger partial charge in [-0.25, -0.2) is 9.78 Å². The van der Waals surface area contributed by atoms with Gasteiger partial charge in [-0.3, -0.25) is 0 Å². The molecule has 2 N–H and O–H groups in total. The molecule has 2 atom stereocenters. The third kappa shape index (κ3) is 3.59. The molecular formula is C18H22N2O4. The third-order valence-electron chi connectivity index (χ3n) is 4.55. The minimum Gasteiger partial charge on any atom is -0.481 e. The fourth-order valence-corrected chi connectivity index (χ4v) is 3.41. The molecule has 1 aliphatic rings. The van der Waals surface area contributed by atoms with Gasteiger partial charge in [0.2, 0.25) is 0 Å². The van der Waals surface area contributed by atoms with Crippen LogP contribution in [0.15, 0.2) is 36.7 Å². The van der Waals surface area contributed by atoms with Gasteiger partial charge in [-0.1, -0.05) is 18.6 Å². The lowest BCUT2D eigenvalue weighted by Crippen LogP contribution is -2.21. The zero-order chi connectivity index (χ0) is 16.9. The van der Waals surface area contributed by atoms with E-state index in [1.54, 1.807) is 12.3 Å². The standard InChI is InChI=1S/C18H22N2O4/c21-11-13-4-3-5-14(10-13)20-9-8-19-18(20)15-6-1-2-7-16(15)24-12-17(22)23/h1-2,6-9,13-14,21H,3-5,10-12H2,(H,22,23)/t13-,14-/m1/s1. The van der Waals surface area contributed by atoms with Crippen molar-refractivity contribution in [3.05, 3.63) is 36.7 Å². The Labute approximate surface area is 140 Å². The Morgan fingerprint density at radius 2 is 2.17 bits per heavy atom. The first-order chi connectivity index (χ1) is 11.7. The van der Waals surface area contributed by atoms with Crippen LogP contribution in [0.1, 0.15) is 31.7 Å². The van der Waals surface area contributed by atoms with E-state index in [1.165, 1.54) is 0 Å². The van der Waals surface area contributed by atoms with Gasteiger partial charge < -0.3 is 19.5 Å². The maximum atomic E-state index is 10.8. The summed E-state index contributed by atoms with van der Waals surface area (Å²) in [6.07, 6.45) is 7.84. The molecule has 1 fully saturated rings. The third-order valence-corrected chi connectivity index (χ3v) is 4.55. The van der Waals surface area contributed by atoms with Crippen LogP contribution in [0.3, 0.4) is 0 Å². The largest absolute Gasteiger partial charge is 0.481 e. The number of aliphatic carboxylic acids is 1. The van der Waals surface area contributed by atoms with Crippen LogP contribution in [0, 0.1) is 5.92 Å². The number of hydrogen-bond acceptors (Lipinski definition) is 4. The van der Waals surface area contributed by atoms with Crippen molar-refractivity contribution in [2.24, 2.45) is 5.92 Å². The summed E-state index contributed by atoms with van der Waals surface area (Å²) >= 11 is 0. The second-order valence-electron chi connectivity index (χ2n) is 6.21. The first kappa shape index (κ1) is 16.5. The van der Waals surface area contributed by atoms with Crippen molar-refractivity contribution in [2.45, 2.75) is 31.7 Å². The van der Waals surface area contributed by atoms with E-state index in [0.717, 1.165) is 37.1 Å². The summed E-state index contributed by atoms with van der Waals surface area (Å²) in [5.41, 5.74) is 0.787. The molecule has 0 saturated heterocycles. The highest BCUT2D eigenvalue weighted by Gasteiger charge is 2.25. The van der Waals surface area contributed by atoms with Crippen molar-refractivity contribution in [1.82, 2.24) is 9.55 Å². The van der Waals surface area contributed by atoms with E-state index >= 15 is 0 Å². The summed E-state index contributed by atoms with van der Waals surface area (Å²) in [5, 5.41) is 18.3. The van der Waals surface area contributed by atoms with Gasteiger partial charge in [-0.2, -0.15) is 0 Å². The van der Waals surface area contributed by atoms with Crippen molar-refractivity contribution in [3.8, 4) is 17.1 Å². The van der Waals surface area contributed by atoms with Gasteiger partial charge in [0.05, 0.1) is 5.56 Å². The number of aliphatic hydroxyl groups is 1. The Morgan fingerprint density at radius 3 is 2.96 bits per heavy atom. The maximum absolute atomic E-state index is 10.8. The minimum absolute atomic E-state index is 0.221. The van der Waals surface area contributed by atoms with Crippen LogP contribution >= 0.6 is 0 Å². The summed E-state index contributed by atoms with van der Waals surface area (Å²) in [6, 6.07) is 7.65. The van der Waals surface area contributed by atoms with Crippen molar-refractivity contribution in [2.75, 3.05) is 13.2 Å². The number of hydrogen-bond donors (Lipinski definition) is 2. The van der Waals surface area contributed by atoms with Gasteiger partial charge >= 0.3 is 5.97 Å². The monoisotopic (exact) mass is 330 g/mol. The summed E-state index contributed by atoms with van der Waals surface area (Å²) in [4.78, 5) is 15.3. The van der Waals surface area contributed by atoms with Gasteiger partial charge in [-0.05, 0) is 37.3 Å². The van der Waals surface area contributed by atoms with Crippen LogP contribution < -0.4 is 4.74 Å². The molecule has 1 aromatic heterocycles. The van der Waals surface area contributed by atoms with Crippen LogP contribution in [0.2, 0.25) is 0 Å². The number of benzene rings is 1.